The molecule has 6 heteroatoms. The Bertz CT molecular complexity index is 432. The molecule has 0 fully saturated rings. The maximum atomic E-state index is 11.4. The van der Waals surface area contributed by atoms with Crippen molar-refractivity contribution < 1.29 is 9.32 Å². The number of H-pyrrole nitrogens is 1. The molecule has 0 aliphatic heterocycles. The Kier molecular flexibility index (Phi) is 2.02. The van der Waals surface area contributed by atoms with E-state index in [0.717, 1.165) is 0 Å². The molecule has 72 valence electrons. The van der Waals surface area contributed by atoms with Gasteiger partial charge in [-0.05, 0) is 6.92 Å². The van der Waals surface area contributed by atoms with Crippen molar-refractivity contribution in [1.82, 2.24) is 15.4 Å². The molecule has 0 radical (unpaired) electrons. The van der Waals surface area contributed by atoms with Crippen LogP contribution in [0.15, 0.2) is 23.0 Å². The molecule has 0 aliphatic rings. The fraction of sp³-hybridized carbons (Fsp3) is 0.125. The molecule has 2 N–H and O–H groups in total. The standard InChI is InChI=1S/C8H8N4O2/c1-5-2-7(14-12-5)11-8(13)6-3-9-10-4-6/h2-4H,1H3,(H,9,10)(H,11,13). The van der Waals surface area contributed by atoms with E-state index in [1.54, 1.807) is 13.0 Å². The molecule has 0 spiro atoms. The molecule has 0 bridgehead atoms. The average Bonchev–Trinajstić information content (AvgIpc) is 2.75. The molecule has 0 saturated carbocycles. The van der Waals surface area contributed by atoms with Crippen LogP contribution in [0, 0.1) is 6.92 Å². The highest BCUT2D eigenvalue weighted by atomic mass is 16.5. The van der Waals surface area contributed by atoms with Crippen LogP contribution >= 0.6 is 0 Å². The van der Waals surface area contributed by atoms with Gasteiger partial charge in [0.1, 0.15) is 0 Å². The van der Waals surface area contributed by atoms with Gasteiger partial charge in [-0.1, -0.05) is 5.16 Å². The number of aromatic amines is 1. The number of hydrogen-bond acceptors (Lipinski definition) is 4. The Morgan fingerprint density at radius 3 is 3.07 bits per heavy atom. The number of nitrogens with zero attached hydrogens (tertiary/aromatic N) is 2. The fourth-order valence-corrected chi connectivity index (χ4v) is 0.982. The summed E-state index contributed by atoms with van der Waals surface area (Å²) in [6.45, 7) is 1.77. The predicted molar refractivity (Wildman–Crippen MR) is 47.8 cm³/mol. The van der Waals surface area contributed by atoms with Gasteiger partial charge in [0, 0.05) is 12.3 Å². The van der Waals surface area contributed by atoms with Crippen LogP contribution in [0.25, 0.3) is 0 Å². The van der Waals surface area contributed by atoms with Crippen molar-refractivity contribution >= 4 is 11.8 Å². The second kappa shape index (κ2) is 3.33. The second-order valence-corrected chi connectivity index (χ2v) is 2.77. The van der Waals surface area contributed by atoms with Crippen molar-refractivity contribution in [2.24, 2.45) is 0 Å². The van der Waals surface area contributed by atoms with E-state index in [4.69, 9.17) is 4.52 Å². The summed E-state index contributed by atoms with van der Waals surface area (Å²) in [6.07, 6.45) is 2.93. The molecule has 0 aromatic carbocycles. The van der Waals surface area contributed by atoms with Gasteiger partial charge >= 0.3 is 0 Å². The number of aryl methyl sites for hydroxylation is 1. The lowest BCUT2D eigenvalue weighted by Gasteiger charge is -1.95. The highest BCUT2D eigenvalue weighted by Crippen LogP contribution is 2.09. The third kappa shape index (κ3) is 1.63. The van der Waals surface area contributed by atoms with Gasteiger partial charge < -0.3 is 4.52 Å². The van der Waals surface area contributed by atoms with Gasteiger partial charge in [0.05, 0.1) is 17.5 Å². The van der Waals surface area contributed by atoms with E-state index in [1.165, 1.54) is 12.4 Å². The molecule has 0 aliphatic carbocycles. The Morgan fingerprint density at radius 2 is 2.50 bits per heavy atom. The maximum Gasteiger partial charge on any atom is 0.261 e. The summed E-state index contributed by atoms with van der Waals surface area (Å²) in [7, 11) is 0. The van der Waals surface area contributed by atoms with Gasteiger partial charge in [-0.15, -0.1) is 0 Å². The summed E-state index contributed by atoms with van der Waals surface area (Å²) < 4.78 is 4.82. The number of amides is 1. The fourth-order valence-electron chi connectivity index (χ4n) is 0.982. The molecule has 0 atom stereocenters. The van der Waals surface area contributed by atoms with Gasteiger partial charge in [-0.3, -0.25) is 15.2 Å². The van der Waals surface area contributed by atoms with E-state index in [0.29, 0.717) is 17.1 Å². The first-order chi connectivity index (χ1) is 6.75. The summed E-state index contributed by atoms with van der Waals surface area (Å²) in [5.41, 5.74) is 1.16. The van der Waals surface area contributed by atoms with Crippen LogP contribution in [0.2, 0.25) is 0 Å². The lowest BCUT2D eigenvalue weighted by atomic mass is 10.3. The van der Waals surface area contributed by atoms with Crippen LogP contribution in [0.1, 0.15) is 16.1 Å². The summed E-state index contributed by atoms with van der Waals surface area (Å²) in [6, 6.07) is 1.64. The first-order valence-corrected chi connectivity index (χ1v) is 3.99. The van der Waals surface area contributed by atoms with E-state index >= 15 is 0 Å². The highest BCUT2D eigenvalue weighted by molar-refractivity contribution is 6.03. The quantitative estimate of drug-likeness (QED) is 0.742. The maximum absolute atomic E-state index is 11.4. The van der Waals surface area contributed by atoms with Gasteiger partial charge in [-0.2, -0.15) is 5.10 Å². The molecule has 14 heavy (non-hydrogen) atoms. The van der Waals surface area contributed by atoms with Crippen molar-refractivity contribution in [1.29, 1.82) is 0 Å². The van der Waals surface area contributed by atoms with Crippen molar-refractivity contribution in [2.45, 2.75) is 6.92 Å². The lowest BCUT2D eigenvalue weighted by molar-refractivity contribution is 0.102. The van der Waals surface area contributed by atoms with E-state index in [1.807, 2.05) is 0 Å². The number of carbonyl (C=O) groups is 1. The third-order valence-electron chi connectivity index (χ3n) is 1.63. The van der Waals surface area contributed by atoms with Crippen LogP contribution < -0.4 is 5.32 Å². The molecule has 2 aromatic rings. The zero-order valence-corrected chi connectivity index (χ0v) is 7.44. The average molecular weight is 192 g/mol. The minimum Gasteiger partial charge on any atom is -0.338 e. The predicted octanol–water partition coefficient (Wildman–Crippen LogP) is 0.958. The largest absolute Gasteiger partial charge is 0.338 e. The van der Waals surface area contributed by atoms with E-state index in [9.17, 15) is 4.79 Å². The molecular formula is C8H8N4O2. The SMILES string of the molecule is Cc1cc(NC(=O)c2cn[nH]c2)on1. The second-order valence-electron chi connectivity index (χ2n) is 2.77. The Hall–Kier alpha value is -2.11. The van der Waals surface area contributed by atoms with Crippen LogP contribution in [0.4, 0.5) is 5.88 Å². The first kappa shape index (κ1) is 8.49. The summed E-state index contributed by atoms with van der Waals surface area (Å²) in [5.74, 6) is 0.0450. The van der Waals surface area contributed by atoms with Crippen molar-refractivity contribution in [3.05, 3.63) is 29.7 Å². The number of anilines is 1. The van der Waals surface area contributed by atoms with Crippen molar-refractivity contribution in [2.75, 3.05) is 5.32 Å². The van der Waals surface area contributed by atoms with Crippen LogP contribution in [-0.2, 0) is 0 Å². The number of rotatable bonds is 2. The molecule has 2 aromatic heterocycles. The Labute approximate surface area is 79.3 Å². The van der Waals surface area contributed by atoms with Gasteiger partial charge in [-0.25, -0.2) is 0 Å². The minimum atomic E-state index is -0.282. The normalized spacial score (nSPS) is 10.1. The van der Waals surface area contributed by atoms with Crippen molar-refractivity contribution in [3.63, 3.8) is 0 Å². The molecule has 0 unspecified atom stereocenters. The molecule has 6 nitrogen and oxygen atoms in total. The number of hydrogen-bond donors (Lipinski definition) is 2. The van der Waals surface area contributed by atoms with E-state index in [2.05, 4.69) is 20.7 Å². The van der Waals surface area contributed by atoms with Crippen molar-refractivity contribution in [3.8, 4) is 0 Å². The monoisotopic (exact) mass is 192 g/mol. The summed E-state index contributed by atoms with van der Waals surface area (Å²) in [5, 5.41) is 12.4. The topological polar surface area (TPSA) is 83.8 Å². The summed E-state index contributed by atoms with van der Waals surface area (Å²) in [4.78, 5) is 11.4. The van der Waals surface area contributed by atoms with Gasteiger partial charge in [0.2, 0.25) is 5.88 Å². The number of carbonyl (C=O) groups excluding carboxylic acids is 1. The van der Waals surface area contributed by atoms with Crippen LogP contribution in [-0.4, -0.2) is 21.3 Å². The van der Waals surface area contributed by atoms with Gasteiger partial charge in [0.15, 0.2) is 0 Å². The molecule has 0 saturated heterocycles. The van der Waals surface area contributed by atoms with E-state index in [-0.39, 0.29) is 5.91 Å². The molecular weight excluding hydrogens is 184 g/mol. The van der Waals surface area contributed by atoms with Gasteiger partial charge in [0.25, 0.3) is 5.91 Å². The zero-order valence-electron chi connectivity index (χ0n) is 7.44. The lowest BCUT2D eigenvalue weighted by Crippen LogP contribution is -2.10. The molecule has 2 heterocycles. The zero-order chi connectivity index (χ0) is 9.97. The third-order valence-corrected chi connectivity index (χ3v) is 1.63. The number of nitrogens with one attached hydrogen (secondary N) is 2. The highest BCUT2D eigenvalue weighted by Gasteiger charge is 2.09. The van der Waals surface area contributed by atoms with Crippen LogP contribution in [0.5, 0.6) is 0 Å². The minimum absolute atomic E-state index is 0.282. The number of aromatic nitrogens is 3. The smallest absolute Gasteiger partial charge is 0.261 e. The Morgan fingerprint density at radius 1 is 1.64 bits per heavy atom. The van der Waals surface area contributed by atoms with E-state index < -0.39 is 0 Å². The summed E-state index contributed by atoms with van der Waals surface area (Å²) >= 11 is 0. The van der Waals surface area contributed by atoms with Crippen LogP contribution in [0.3, 0.4) is 0 Å². The molecule has 1 amide bonds. The first-order valence-electron chi connectivity index (χ1n) is 3.99. The molecule has 2 rings (SSSR count). The Balaban J connectivity index is 2.09.